The largest absolute Gasteiger partial charge is 0.495 e. The first-order chi connectivity index (χ1) is 11.3. The maximum atomic E-state index is 12.8. The molecule has 0 aliphatic carbocycles. The summed E-state index contributed by atoms with van der Waals surface area (Å²) in [4.78, 5) is 11.0. The number of aromatic carboxylic acids is 1. The highest BCUT2D eigenvalue weighted by Gasteiger charge is 2.26. The number of carbonyl (C=O) groups is 1. The second kappa shape index (κ2) is 7.02. The average molecular weight is 353 g/mol. The van der Waals surface area contributed by atoms with Crippen LogP contribution in [0.5, 0.6) is 5.75 Å². The minimum atomic E-state index is -3.73. The Morgan fingerprint density at radius 1 is 1.29 bits per heavy atom. The van der Waals surface area contributed by atoms with Gasteiger partial charge in [-0.25, -0.2) is 13.2 Å². The zero-order chi connectivity index (χ0) is 17.9. The summed E-state index contributed by atoms with van der Waals surface area (Å²) in [5, 5.41) is 15.3. The summed E-state index contributed by atoms with van der Waals surface area (Å²) in [5.41, 5.74) is 0.741. The highest BCUT2D eigenvalue weighted by atomic mass is 32.2. The minimum Gasteiger partial charge on any atom is -0.495 e. The number of H-pyrrole nitrogens is 1. The maximum absolute atomic E-state index is 12.8. The highest BCUT2D eigenvalue weighted by molar-refractivity contribution is 7.89. The van der Waals surface area contributed by atoms with Gasteiger partial charge in [-0.1, -0.05) is 13.8 Å². The number of aromatic amines is 1. The molecule has 1 aromatic carbocycles. The molecule has 0 amide bonds. The smallest absolute Gasteiger partial charge is 0.353 e. The summed E-state index contributed by atoms with van der Waals surface area (Å²) in [5.74, 6) is -0.919. The number of hydrogen-bond acceptors (Lipinski definition) is 5. The molecule has 24 heavy (non-hydrogen) atoms. The lowest BCUT2D eigenvalue weighted by Crippen LogP contribution is -2.30. The molecule has 0 aliphatic rings. The van der Waals surface area contributed by atoms with Gasteiger partial charge in [-0.3, -0.25) is 5.10 Å². The van der Waals surface area contributed by atoms with E-state index in [4.69, 9.17) is 9.84 Å². The number of hydrogen-bond donors (Lipinski definition) is 2. The number of carboxylic acid groups (broad SMARTS) is 1. The first-order valence-corrected chi connectivity index (χ1v) is 8.76. The van der Waals surface area contributed by atoms with Crippen LogP contribution in [-0.4, -0.2) is 54.2 Å². The van der Waals surface area contributed by atoms with Crippen LogP contribution in [0.4, 0.5) is 0 Å². The molecule has 0 fully saturated rings. The number of aromatic nitrogens is 2. The normalized spacial score (nSPS) is 11.7. The summed E-state index contributed by atoms with van der Waals surface area (Å²) >= 11 is 0. The first kappa shape index (κ1) is 18.0. The topological polar surface area (TPSA) is 113 Å². The van der Waals surface area contributed by atoms with E-state index in [2.05, 4.69) is 10.2 Å². The predicted octanol–water partition coefficient (Wildman–Crippen LogP) is 1.81. The lowest BCUT2D eigenvalue weighted by molar-refractivity contribution is 0.0690. The molecular weight excluding hydrogens is 334 g/mol. The third kappa shape index (κ3) is 3.26. The molecule has 2 N–H and O–H groups in total. The van der Waals surface area contributed by atoms with E-state index >= 15 is 0 Å². The number of benzene rings is 1. The molecular formula is C15H19N3O5S. The van der Waals surface area contributed by atoms with E-state index in [9.17, 15) is 13.2 Å². The van der Waals surface area contributed by atoms with Crippen LogP contribution >= 0.6 is 0 Å². The Kier molecular flexibility index (Phi) is 5.25. The van der Waals surface area contributed by atoms with Crippen molar-refractivity contribution in [1.29, 1.82) is 0 Å². The standard InChI is InChI=1S/C15H19N3O5S/c1-4-18(5-2)24(21,22)14-8-10(6-7-13(14)23-3)11-9-12(15(19)20)17-16-11/h6-9H,4-5H2,1-3H3,(H,16,17)(H,19,20). The van der Waals surface area contributed by atoms with Crippen LogP contribution in [0.3, 0.4) is 0 Å². The molecule has 0 radical (unpaired) electrons. The van der Waals surface area contributed by atoms with Gasteiger partial charge in [0, 0.05) is 18.7 Å². The summed E-state index contributed by atoms with van der Waals surface area (Å²) in [7, 11) is -2.33. The van der Waals surface area contributed by atoms with Crippen molar-refractivity contribution in [3.8, 4) is 17.0 Å². The average Bonchev–Trinajstić information content (AvgIpc) is 3.05. The molecule has 9 heteroatoms. The van der Waals surface area contributed by atoms with Crippen LogP contribution in [-0.2, 0) is 10.0 Å². The van der Waals surface area contributed by atoms with Crippen molar-refractivity contribution in [2.24, 2.45) is 0 Å². The van der Waals surface area contributed by atoms with Gasteiger partial charge in [0.25, 0.3) is 0 Å². The Bertz CT molecular complexity index is 841. The molecule has 130 valence electrons. The second-order valence-electron chi connectivity index (χ2n) is 4.93. The fourth-order valence-corrected chi connectivity index (χ4v) is 3.96. The van der Waals surface area contributed by atoms with Gasteiger partial charge in [-0.05, 0) is 24.3 Å². The van der Waals surface area contributed by atoms with Crippen molar-refractivity contribution >= 4 is 16.0 Å². The molecule has 0 saturated heterocycles. The van der Waals surface area contributed by atoms with Gasteiger partial charge < -0.3 is 9.84 Å². The number of ether oxygens (including phenoxy) is 1. The van der Waals surface area contributed by atoms with Gasteiger partial charge in [-0.15, -0.1) is 0 Å². The number of methoxy groups -OCH3 is 1. The van der Waals surface area contributed by atoms with Gasteiger partial charge in [0.2, 0.25) is 10.0 Å². The van der Waals surface area contributed by atoms with Crippen molar-refractivity contribution in [2.75, 3.05) is 20.2 Å². The quantitative estimate of drug-likeness (QED) is 0.785. The van der Waals surface area contributed by atoms with Gasteiger partial charge in [0.05, 0.1) is 12.8 Å². The Hall–Kier alpha value is -2.39. The van der Waals surface area contributed by atoms with Gasteiger partial charge >= 0.3 is 5.97 Å². The number of carboxylic acids is 1. The van der Waals surface area contributed by atoms with E-state index in [1.54, 1.807) is 19.9 Å². The Morgan fingerprint density at radius 3 is 2.46 bits per heavy atom. The molecule has 0 atom stereocenters. The summed E-state index contributed by atoms with van der Waals surface area (Å²) < 4.78 is 32.1. The molecule has 0 saturated carbocycles. The molecule has 0 unspecified atom stereocenters. The van der Waals surface area contributed by atoms with E-state index in [0.29, 0.717) is 24.3 Å². The third-order valence-corrected chi connectivity index (χ3v) is 5.66. The molecule has 0 aliphatic heterocycles. The lowest BCUT2D eigenvalue weighted by atomic mass is 10.1. The lowest BCUT2D eigenvalue weighted by Gasteiger charge is -2.20. The van der Waals surface area contributed by atoms with Gasteiger partial charge in [0.1, 0.15) is 16.3 Å². The molecule has 8 nitrogen and oxygen atoms in total. The van der Waals surface area contributed by atoms with Crippen LogP contribution in [0, 0.1) is 0 Å². The van der Waals surface area contributed by atoms with Crippen LogP contribution in [0.1, 0.15) is 24.3 Å². The van der Waals surface area contributed by atoms with E-state index in [0.717, 1.165) is 0 Å². The van der Waals surface area contributed by atoms with Gasteiger partial charge in [0.15, 0.2) is 0 Å². The third-order valence-electron chi connectivity index (χ3n) is 3.59. The SMILES string of the molecule is CCN(CC)S(=O)(=O)c1cc(-c2cc(C(=O)O)[nH]n2)ccc1OC. The Morgan fingerprint density at radius 2 is 1.96 bits per heavy atom. The number of nitrogens with one attached hydrogen (secondary N) is 1. The van der Waals surface area contributed by atoms with E-state index < -0.39 is 16.0 Å². The summed E-state index contributed by atoms with van der Waals surface area (Å²) in [6.07, 6.45) is 0. The zero-order valence-electron chi connectivity index (χ0n) is 13.6. The fraction of sp³-hybridized carbons (Fsp3) is 0.333. The fourth-order valence-electron chi connectivity index (χ4n) is 2.32. The molecule has 2 rings (SSSR count). The summed E-state index contributed by atoms with van der Waals surface area (Å²) in [6, 6.07) is 5.94. The number of rotatable bonds is 7. The van der Waals surface area contributed by atoms with Crippen molar-refractivity contribution in [2.45, 2.75) is 18.7 Å². The van der Waals surface area contributed by atoms with Crippen LogP contribution in [0.2, 0.25) is 0 Å². The highest BCUT2D eigenvalue weighted by Crippen LogP contribution is 2.31. The van der Waals surface area contributed by atoms with Crippen LogP contribution in [0.15, 0.2) is 29.2 Å². The zero-order valence-corrected chi connectivity index (χ0v) is 14.4. The molecule has 2 aromatic rings. The molecule has 1 heterocycles. The van der Waals surface area contributed by atoms with Crippen molar-refractivity contribution < 1.29 is 23.1 Å². The summed E-state index contributed by atoms with van der Waals surface area (Å²) in [6.45, 7) is 4.17. The Balaban J connectivity index is 2.57. The monoisotopic (exact) mass is 353 g/mol. The number of sulfonamides is 1. The van der Waals surface area contributed by atoms with E-state index in [-0.39, 0.29) is 16.3 Å². The second-order valence-corrected chi connectivity index (χ2v) is 6.83. The maximum Gasteiger partial charge on any atom is 0.353 e. The van der Waals surface area contributed by atoms with E-state index in [1.165, 1.54) is 29.6 Å². The van der Waals surface area contributed by atoms with Gasteiger partial charge in [-0.2, -0.15) is 9.40 Å². The number of nitrogens with zero attached hydrogens (tertiary/aromatic N) is 2. The van der Waals surface area contributed by atoms with E-state index in [1.807, 2.05) is 0 Å². The Labute approximate surface area is 140 Å². The van der Waals surface area contributed by atoms with Crippen molar-refractivity contribution in [3.05, 3.63) is 30.0 Å². The molecule has 0 bridgehead atoms. The molecule has 0 spiro atoms. The van der Waals surface area contributed by atoms with Crippen LogP contribution in [0.25, 0.3) is 11.3 Å². The minimum absolute atomic E-state index is 0.0195. The predicted molar refractivity (Wildman–Crippen MR) is 87.6 cm³/mol. The van der Waals surface area contributed by atoms with Crippen molar-refractivity contribution in [1.82, 2.24) is 14.5 Å². The van der Waals surface area contributed by atoms with Crippen molar-refractivity contribution in [3.63, 3.8) is 0 Å². The van der Waals surface area contributed by atoms with Crippen LogP contribution < -0.4 is 4.74 Å². The molecule has 1 aromatic heterocycles. The first-order valence-electron chi connectivity index (χ1n) is 7.32.